The quantitative estimate of drug-likeness (QED) is 0.678. The highest BCUT2D eigenvalue weighted by Crippen LogP contribution is 2.20. The third-order valence-corrected chi connectivity index (χ3v) is 3.82. The molecule has 2 amide bonds. The molecular formula is C19H18ClFN2O5. The highest BCUT2D eigenvalue weighted by atomic mass is 35.5. The van der Waals surface area contributed by atoms with E-state index in [9.17, 15) is 18.8 Å². The summed E-state index contributed by atoms with van der Waals surface area (Å²) in [5, 5.41) is 2.95. The summed E-state index contributed by atoms with van der Waals surface area (Å²) in [6, 6.07) is 12.3. The Morgan fingerprint density at radius 2 is 1.75 bits per heavy atom. The summed E-state index contributed by atoms with van der Waals surface area (Å²) in [7, 11) is 1.39. The lowest BCUT2D eigenvalue weighted by Gasteiger charge is -2.17. The molecule has 0 spiro atoms. The lowest BCUT2D eigenvalue weighted by Crippen LogP contribution is -2.37. The molecule has 0 saturated carbocycles. The van der Waals surface area contributed by atoms with E-state index in [0.717, 1.165) is 4.90 Å². The first-order valence-corrected chi connectivity index (χ1v) is 8.56. The summed E-state index contributed by atoms with van der Waals surface area (Å²) in [4.78, 5) is 36.7. The molecule has 0 heterocycles. The van der Waals surface area contributed by atoms with Gasteiger partial charge in [-0.25, -0.2) is 9.18 Å². The minimum Gasteiger partial charge on any atom is -0.479 e. The molecule has 0 saturated heterocycles. The Kier molecular flexibility index (Phi) is 7.76. The highest BCUT2D eigenvalue weighted by Gasteiger charge is 2.16. The first kappa shape index (κ1) is 21.2. The van der Waals surface area contributed by atoms with Gasteiger partial charge in [-0.3, -0.25) is 9.59 Å². The number of esters is 1. The van der Waals surface area contributed by atoms with Gasteiger partial charge in [0.15, 0.2) is 24.8 Å². The summed E-state index contributed by atoms with van der Waals surface area (Å²) in [6.07, 6.45) is 0. The van der Waals surface area contributed by atoms with Crippen LogP contribution in [0.1, 0.15) is 0 Å². The number of nitrogens with zero attached hydrogens (tertiary/aromatic N) is 1. The number of hydrogen-bond acceptors (Lipinski definition) is 5. The summed E-state index contributed by atoms with van der Waals surface area (Å²) in [5.41, 5.74) is 0.423. The van der Waals surface area contributed by atoms with Crippen molar-refractivity contribution in [2.24, 2.45) is 0 Å². The summed E-state index contributed by atoms with van der Waals surface area (Å²) >= 11 is 5.95. The van der Waals surface area contributed by atoms with Crippen molar-refractivity contribution in [3.05, 3.63) is 59.4 Å². The number of ether oxygens (including phenoxy) is 2. The van der Waals surface area contributed by atoms with Gasteiger partial charge in [-0.05, 0) is 24.3 Å². The molecule has 7 nitrogen and oxygen atoms in total. The molecule has 0 bridgehead atoms. The molecule has 9 heteroatoms. The zero-order valence-electron chi connectivity index (χ0n) is 15.0. The predicted molar refractivity (Wildman–Crippen MR) is 101 cm³/mol. The monoisotopic (exact) mass is 408 g/mol. The average Bonchev–Trinajstić information content (AvgIpc) is 2.67. The third-order valence-electron chi connectivity index (χ3n) is 3.49. The van der Waals surface area contributed by atoms with Crippen molar-refractivity contribution in [1.29, 1.82) is 0 Å². The summed E-state index contributed by atoms with van der Waals surface area (Å²) < 4.78 is 23.1. The number of nitrogens with one attached hydrogen (secondary N) is 1. The molecule has 0 radical (unpaired) electrons. The Balaban J connectivity index is 1.72. The number of para-hydroxylation sites is 2. The Bertz CT molecular complexity index is 862. The number of anilines is 1. The average molecular weight is 409 g/mol. The van der Waals surface area contributed by atoms with E-state index in [-0.39, 0.29) is 12.3 Å². The van der Waals surface area contributed by atoms with Crippen molar-refractivity contribution < 1.29 is 28.2 Å². The van der Waals surface area contributed by atoms with Crippen LogP contribution in [0, 0.1) is 5.82 Å². The van der Waals surface area contributed by atoms with E-state index in [4.69, 9.17) is 21.1 Å². The van der Waals surface area contributed by atoms with Crippen molar-refractivity contribution >= 4 is 35.1 Å². The normalized spacial score (nSPS) is 10.1. The minimum absolute atomic E-state index is 0.0980. The van der Waals surface area contributed by atoms with Crippen molar-refractivity contribution in [2.75, 3.05) is 32.1 Å². The zero-order valence-corrected chi connectivity index (χ0v) is 15.7. The molecule has 0 atom stereocenters. The molecule has 0 unspecified atom stereocenters. The van der Waals surface area contributed by atoms with Crippen LogP contribution in [0.5, 0.6) is 5.75 Å². The molecule has 148 valence electrons. The fourth-order valence-corrected chi connectivity index (χ4v) is 2.23. The molecule has 0 aliphatic carbocycles. The van der Waals surface area contributed by atoms with E-state index in [2.05, 4.69) is 5.32 Å². The van der Waals surface area contributed by atoms with Crippen LogP contribution in [0.25, 0.3) is 0 Å². The first-order valence-electron chi connectivity index (χ1n) is 8.18. The maximum Gasteiger partial charge on any atom is 0.344 e. The fourth-order valence-electron chi connectivity index (χ4n) is 2.05. The van der Waals surface area contributed by atoms with Gasteiger partial charge in [0, 0.05) is 7.05 Å². The van der Waals surface area contributed by atoms with Gasteiger partial charge >= 0.3 is 5.97 Å². The van der Waals surface area contributed by atoms with Gasteiger partial charge < -0.3 is 19.7 Å². The molecule has 0 aromatic heterocycles. The second kappa shape index (κ2) is 10.3. The van der Waals surface area contributed by atoms with Gasteiger partial charge in [0.2, 0.25) is 5.91 Å². The minimum atomic E-state index is -0.842. The maximum atomic E-state index is 13.4. The van der Waals surface area contributed by atoms with E-state index >= 15 is 0 Å². The van der Waals surface area contributed by atoms with E-state index in [0.29, 0.717) is 10.7 Å². The first-order chi connectivity index (χ1) is 13.4. The van der Waals surface area contributed by atoms with Crippen molar-refractivity contribution in [3.63, 3.8) is 0 Å². The maximum absolute atomic E-state index is 13.4. The number of carbonyl (C=O) groups is 3. The van der Waals surface area contributed by atoms with E-state index < -0.39 is 36.8 Å². The lowest BCUT2D eigenvalue weighted by molar-refractivity contribution is -0.153. The van der Waals surface area contributed by atoms with Crippen LogP contribution in [0.3, 0.4) is 0 Å². The number of amides is 2. The van der Waals surface area contributed by atoms with Crippen LogP contribution in [0.4, 0.5) is 10.1 Å². The zero-order chi connectivity index (χ0) is 20.5. The SMILES string of the molecule is CN(CC(=O)Nc1ccccc1Cl)C(=O)COC(=O)COc1ccccc1F. The lowest BCUT2D eigenvalue weighted by atomic mass is 10.3. The van der Waals surface area contributed by atoms with Crippen LogP contribution in [-0.2, 0) is 19.1 Å². The molecule has 2 aromatic carbocycles. The predicted octanol–water partition coefficient (Wildman–Crippen LogP) is 2.50. The Morgan fingerprint density at radius 3 is 2.46 bits per heavy atom. The van der Waals surface area contributed by atoms with E-state index in [1.165, 1.54) is 25.2 Å². The van der Waals surface area contributed by atoms with E-state index in [1.54, 1.807) is 30.3 Å². The Labute approximate surface area is 166 Å². The standard InChI is InChI=1S/C19H18ClFN2O5/c1-23(10-17(24)22-15-8-4-2-6-13(15)20)18(25)11-28-19(26)12-27-16-9-5-3-7-14(16)21/h2-9H,10-12H2,1H3,(H,22,24). The van der Waals surface area contributed by atoms with Crippen LogP contribution >= 0.6 is 11.6 Å². The van der Waals surface area contributed by atoms with Crippen molar-refractivity contribution in [3.8, 4) is 5.75 Å². The molecule has 2 rings (SSSR count). The largest absolute Gasteiger partial charge is 0.479 e. The molecule has 0 aliphatic heterocycles. The van der Waals surface area contributed by atoms with Gasteiger partial charge in [-0.15, -0.1) is 0 Å². The Morgan fingerprint density at radius 1 is 1.07 bits per heavy atom. The second-order valence-electron chi connectivity index (χ2n) is 5.66. The van der Waals surface area contributed by atoms with E-state index in [1.807, 2.05) is 0 Å². The second-order valence-corrected chi connectivity index (χ2v) is 6.06. The van der Waals surface area contributed by atoms with Crippen molar-refractivity contribution in [2.45, 2.75) is 0 Å². The van der Waals surface area contributed by atoms with Crippen LogP contribution < -0.4 is 10.1 Å². The molecule has 2 aromatic rings. The van der Waals surface area contributed by atoms with Gasteiger partial charge in [0.25, 0.3) is 5.91 Å². The Hall–Kier alpha value is -3.13. The fraction of sp³-hybridized carbons (Fsp3) is 0.211. The van der Waals surface area contributed by atoms with Gasteiger partial charge in [-0.1, -0.05) is 35.9 Å². The van der Waals surface area contributed by atoms with Gasteiger partial charge in [0.1, 0.15) is 0 Å². The smallest absolute Gasteiger partial charge is 0.344 e. The molecule has 0 fully saturated rings. The molecule has 0 aliphatic rings. The van der Waals surface area contributed by atoms with Crippen LogP contribution in [0.15, 0.2) is 48.5 Å². The topological polar surface area (TPSA) is 84.9 Å². The van der Waals surface area contributed by atoms with Gasteiger partial charge in [0.05, 0.1) is 17.3 Å². The number of hydrogen-bond donors (Lipinski definition) is 1. The summed E-state index contributed by atoms with van der Waals surface area (Å²) in [5.74, 6) is -2.60. The molecular weight excluding hydrogens is 391 g/mol. The number of benzene rings is 2. The van der Waals surface area contributed by atoms with Crippen LogP contribution in [0.2, 0.25) is 5.02 Å². The number of likely N-dealkylation sites (N-methyl/N-ethyl adjacent to an activating group) is 1. The third kappa shape index (κ3) is 6.55. The number of rotatable bonds is 8. The van der Waals surface area contributed by atoms with Gasteiger partial charge in [-0.2, -0.15) is 0 Å². The summed E-state index contributed by atoms with van der Waals surface area (Å²) in [6.45, 7) is -1.38. The molecule has 1 N–H and O–H groups in total. The number of halogens is 2. The highest BCUT2D eigenvalue weighted by molar-refractivity contribution is 6.33. The van der Waals surface area contributed by atoms with Crippen molar-refractivity contribution in [1.82, 2.24) is 4.90 Å². The molecule has 28 heavy (non-hydrogen) atoms. The number of carbonyl (C=O) groups excluding carboxylic acids is 3. The van der Waals surface area contributed by atoms with Crippen LogP contribution in [-0.4, -0.2) is 49.5 Å².